The van der Waals surface area contributed by atoms with Crippen LogP contribution >= 0.6 is 0 Å². The van der Waals surface area contributed by atoms with Crippen LogP contribution in [0.2, 0.25) is 0 Å². The molecule has 0 atom stereocenters. The van der Waals surface area contributed by atoms with Gasteiger partial charge in [0.25, 0.3) is 0 Å². The number of carboxylic acids is 1. The Balaban J connectivity index is 2.52. The van der Waals surface area contributed by atoms with Crippen LogP contribution < -0.4 is 5.32 Å². The van der Waals surface area contributed by atoms with Crippen LogP contribution in [-0.2, 0) is 4.79 Å². The fraction of sp³-hybridized carbons (Fsp3) is 0.222. The maximum atomic E-state index is 11.4. The molecule has 2 amide bonds. The number of anilines is 1. The number of rotatable bonds is 3. The SMILES string of the molecule is CN(CC(=O)O)C(=O)Nc1cccnc1. The lowest BCUT2D eigenvalue weighted by molar-refractivity contribution is -0.137. The molecule has 0 saturated carbocycles. The summed E-state index contributed by atoms with van der Waals surface area (Å²) in [6, 6.07) is 2.86. The molecule has 1 rings (SSSR count). The van der Waals surface area contributed by atoms with E-state index in [1.807, 2.05) is 0 Å². The minimum Gasteiger partial charge on any atom is -0.480 e. The topological polar surface area (TPSA) is 82.5 Å². The molecular formula is C9H11N3O3. The Kier molecular flexibility index (Phi) is 3.61. The van der Waals surface area contributed by atoms with Gasteiger partial charge in [-0.25, -0.2) is 4.79 Å². The van der Waals surface area contributed by atoms with Crippen molar-refractivity contribution in [2.24, 2.45) is 0 Å². The van der Waals surface area contributed by atoms with Crippen molar-refractivity contribution in [2.75, 3.05) is 18.9 Å². The number of amides is 2. The van der Waals surface area contributed by atoms with Gasteiger partial charge < -0.3 is 15.3 Å². The van der Waals surface area contributed by atoms with E-state index in [1.165, 1.54) is 13.2 Å². The van der Waals surface area contributed by atoms with Gasteiger partial charge in [-0.05, 0) is 12.1 Å². The lowest BCUT2D eigenvalue weighted by Crippen LogP contribution is -2.35. The van der Waals surface area contributed by atoms with Crippen LogP contribution in [0.5, 0.6) is 0 Å². The molecule has 0 aliphatic heterocycles. The van der Waals surface area contributed by atoms with E-state index in [0.29, 0.717) is 5.69 Å². The number of likely N-dealkylation sites (N-methyl/N-ethyl adjacent to an activating group) is 1. The minimum atomic E-state index is -1.06. The van der Waals surface area contributed by atoms with E-state index in [-0.39, 0.29) is 6.54 Å². The van der Waals surface area contributed by atoms with Crippen LogP contribution in [-0.4, -0.2) is 40.6 Å². The maximum absolute atomic E-state index is 11.4. The van der Waals surface area contributed by atoms with Crippen LogP contribution in [0.25, 0.3) is 0 Å². The zero-order valence-electron chi connectivity index (χ0n) is 8.17. The van der Waals surface area contributed by atoms with Gasteiger partial charge >= 0.3 is 12.0 Å². The number of nitrogens with one attached hydrogen (secondary N) is 1. The molecule has 1 aromatic heterocycles. The third-order valence-corrected chi connectivity index (χ3v) is 1.63. The van der Waals surface area contributed by atoms with E-state index in [1.54, 1.807) is 18.3 Å². The van der Waals surface area contributed by atoms with Gasteiger partial charge in [0.1, 0.15) is 6.54 Å². The molecule has 0 aliphatic carbocycles. The Morgan fingerprint density at radius 2 is 2.33 bits per heavy atom. The molecule has 80 valence electrons. The number of aromatic nitrogens is 1. The number of pyridine rings is 1. The van der Waals surface area contributed by atoms with Gasteiger partial charge in [0.15, 0.2) is 0 Å². The standard InChI is InChI=1S/C9H11N3O3/c1-12(6-8(13)14)9(15)11-7-3-2-4-10-5-7/h2-5H,6H2,1H3,(H,11,15)(H,13,14). The molecule has 0 aromatic carbocycles. The number of nitrogens with zero attached hydrogens (tertiary/aromatic N) is 2. The second-order valence-corrected chi connectivity index (χ2v) is 2.92. The second-order valence-electron chi connectivity index (χ2n) is 2.92. The van der Waals surface area contributed by atoms with Crippen molar-refractivity contribution in [2.45, 2.75) is 0 Å². The molecular weight excluding hydrogens is 198 g/mol. The van der Waals surface area contributed by atoms with Gasteiger partial charge in [-0.15, -0.1) is 0 Å². The molecule has 0 aliphatic rings. The summed E-state index contributed by atoms with van der Waals surface area (Å²) < 4.78 is 0. The smallest absolute Gasteiger partial charge is 0.323 e. The molecule has 0 bridgehead atoms. The van der Waals surface area contributed by atoms with Gasteiger partial charge in [-0.2, -0.15) is 0 Å². The summed E-state index contributed by atoms with van der Waals surface area (Å²) in [6.45, 7) is -0.341. The first-order chi connectivity index (χ1) is 7.09. The quantitative estimate of drug-likeness (QED) is 0.764. The molecule has 0 fully saturated rings. The first kappa shape index (κ1) is 11.0. The molecule has 0 saturated heterocycles. The summed E-state index contributed by atoms with van der Waals surface area (Å²) in [4.78, 5) is 26.6. The summed E-state index contributed by atoms with van der Waals surface area (Å²) in [5.74, 6) is -1.06. The lowest BCUT2D eigenvalue weighted by Gasteiger charge is -2.15. The van der Waals surface area contributed by atoms with Crippen LogP contribution in [0, 0.1) is 0 Å². The van der Waals surface area contributed by atoms with Crippen molar-refractivity contribution in [3.05, 3.63) is 24.5 Å². The van der Waals surface area contributed by atoms with Crippen molar-refractivity contribution >= 4 is 17.7 Å². The zero-order chi connectivity index (χ0) is 11.3. The summed E-state index contributed by atoms with van der Waals surface area (Å²) in [7, 11) is 1.40. The van der Waals surface area contributed by atoms with Crippen LogP contribution in [0.3, 0.4) is 0 Å². The highest BCUT2D eigenvalue weighted by molar-refractivity contribution is 5.90. The summed E-state index contributed by atoms with van der Waals surface area (Å²) in [5, 5.41) is 11.0. The van der Waals surface area contributed by atoms with Gasteiger partial charge in [-0.3, -0.25) is 9.78 Å². The Morgan fingerprint density at radius 3 is 2.87 bits per heavy atom. The third-order valence-electron chi connectivity index (χ3n) is 1.63. The number of hydrogen-bond donors (Lipinski definition) is 2. The second kappa shape index (κ2) is 4.94. The third kappa shape index (κ3) is 3.63. The summed E-state index contributed by atoms with van der Waals surface area (Å²) in [5.41, 5.74) is 0.528. The highest BCUT2D eigenvalue weighted by atomic mass is 16.4. The van der Waals surface area contributed by atoms with E-state index in [4.69, 9.17) is 5.11 Å². The molecule has 6 heteroatoms. The minimum absolute atomic E-state index is 0.341. The molecule has 0 unspecified atom stereocenters. The van der Waals surface area contributed by atoms with E-state index in [0.717, 1.165) is 4.90 Å². The first-order valence-corrected chi connectivity index (χ1v) is 4.23. The van der Waals surface area contributed by atoms with Gasteiger partial charge in [-0.1, -0.05) is 0 Å². The highest BCUT2D eigenvalue weighted by Gasteiger charge is 2.11. The Hall–Kier alpha value is -2.11. The van der Waals surface area contributed by atoms with Gasteiger partial charge in [0, 0.05) is 13.2 Å². The Bertz CT molecular complexity index is 353. The molecule has 1 aromatic rings. The molecule has 1 heterocycles. The number of urea groups is 1. The predicted octanol–water partition coefficient (Wildman–Crippen LogP) is 0.630. The Morgan fingerprint density at radius 1 is 1.60 bits per heavy atom. The zero-order valence-corrected chi connectivity index (χ0v) is 8.17. The van der Waals surface area contributed by atoms with Crippen LogP contribution in [0.15, 0.2) is 24.5 Å². The molecule has 6 nitrogen and oxygen atoms in total. The predicted molar refractivity (Wildman–Crippen MR) is 53.5 cm³/mol. The largest absolute Gasteiger partial charge is 0.480 e. The molecule has 0 radical (unpaired) electrons. The van der Waals surface area contributed by atoms with E-state index < -0.39 is 12.0 Å². The normalized spacial score (nSPS) is 9.40. The number of carbonyl (C=O) groups excluding carboxylic acids is 1. The van der Waals surface area contributed by atoms with E-state index in [9.17, 15) is 9.59 Å². The number of aliphatic carboxylic acids is 1. The number of carboxylic acid groups (broad SMARTS) is 1. The van der Waals surface area contributed by atoms with Crippen LogP contribution in [0.4, 0.5) is 10.5 Å². The van der Waals surface area contributed by atoms with Crippen molar-refractivity contribution < 1.29 is 14.7 Å². The van der Waals surface area contributed by atoms with Crippen molar-refractivity contribution in [1.82, 2.24) is 9.88 Å². The molecule has 2 N–H and O–H groups in total. The first-order valence-electron chi connectivity index (χ1n) is 4.23. The molecule has 15 heavy (non-hydrogen) atoms. The highest BCUT2D eigenvalue weighted by Crippen LogP contribution is 2.03. The fourth-order valence-electron chi connectivity index (χ4n) is 0.930. The van der Waals surface area contributed by atoms with Crippen molar-refractivity contribution in [1.29, 1.82) is 0 Å². The lowest BCUT2D eigenvalue weighted by atomic mass is 10.4. The van der Waals surface area contributed by atoms with E-state index in [2.05, 4.69) is 10.3 Å². The van der Waals surface area contributed by atoms with E-state index >= 15 is 0 Å². The summed E-state index contributed by atoms with van der Waals surface area (Å²) in [6.07, 6.45) is 3.06. The summed E-state index contributed by atoms with van der Waals surface area (Å²) >= 11 is 0. The Labute approximate surface area is 86.5 Å². The van der Waals surface area contributed by atoms with Gasteiger partial charge in [0.2, 0.25) is 0 Å². The fourth-order valence-corrected chi connectivity index (χ4v) is 0.930. The number of hydrogen-bond acceptors (Lipinski definition) is 3. The maximum Gasteiger partial charge on any atom is 0.323 e. The molecule has 0 spiro atoms. The monoisotopic (exact) mass is 209 g/mol. The average Bonchev–Trinajstić information content (AvgIpc) is 2.18. The number of carbonyl (C=O) groups is 2. The van der Waals surface area contributed by atoms with Crippen molar-refractivity contribution in [3.8, 4) is 0 Å². The average molecular weight is 209 g/mol. The van der Waals surface area contributed by atoms with Crippen LogP contribution in [0.1, 0.15) is 0 Å². The van der Waals surface area contributed by atoms with Gasteiger partial charge in [0.05, 0.1) is 11.9 Å². The van der Waals surface area contributed by atoms with Crippen molar-refractivity contribution in [3.63, 3.8) is 0 Å².